The Hall–Kier alpha value is -3.90. The predicted octanol–water partition coefficient (Wildman–Crippen LogP) is -6.44. The monoisotopic (exact) mass is 508 g/mol. The van der Waals surface area contributed by atoms with Crippen molar-refractivity contribution in [3.63, 3.8) is 0 Å². The van der Waals surface area contributed by atoms with Crippen molar-refractivity contribution in [2.75, 3.05) is 0 Å². The fourth-order valence-electron chi connectivity index (χ4n) is 2.69. The molecule has 0 amide bonds. The van der Waals surface area contributed by atoms with Gasteiger partial charge in [-0.2, -0.15) is 10.5 Å². The Bertz CT molecular complexity index is 1590. The minimum atomic E-state index is -1.00. The van der Waals surface area contributed by atoms with Crippen molar-refractivity contribution in [2.24, 2.45) is 0 Å². The Labute approximate surface area is 241 Å². The van der Waals surface area contributed by atoms with E-state index in [9.17, 15) is 40.0 Å². The third-order valence-corrected chi connectivity index (χ3v) is 4.19. The minimum absolute atomic E-state index is 0. The van der Waals surface area contributed by atoms with Crippen molar-refractivity contribution in [3.8, 4) is 23.9 Å². The van der Waals surface area contributed by atoms with E-state index >= 15 is 0 Å². The molecule has 0 bridgehead atoms. The molecule has 2 aromatic heterocycles. The van der Waals surface area contributed by atoms with Gasteiger partial charge >= 0.3 is 59.1 Å². The molecule has 4 aromatic rings. The molecule has 2 N–H and O–H groups in total. The summed E-state index contributed by atoms with van der Waals surface area (Å²) in [5.74, 6) is -2.01. The number of nitriles is 2. The van der Waals surface area contributed by atoms with Crippen LogP contribution in [0.1, 0.15) is 11.1 Å². The van der Waals surface area contributed by atoms with Gasteiger partial charge in [0.1, 0.15) is 23.3 Å². The molecule has 4 rings (SSSR count). The number of fused-ring (bicyclic) bond motifs is 2. The molecule has 0 aliphatic heterocycles. The van der Waals surface area contributed by atoms with Gasteiger partial charge in [0, 0.05) is 12.1 Å². The molecule has 0 aliphatic rings. The van der Waals surface area contributed by atoms with Crippen LogP contribution in [0, 0.1) is 42.9 Å². The topological polar surface area (TPSA) is 271 Å². The van der Waals surface area contributed by atoms with Crippen LogP contribution < -0.4 is 80.4 Å². The number of H-pyrrole nitrogens is 2. The molecule has 0 spiro atoms. The predicted molar refractivity (Wildman–Crippen MR) is 106 cm³/mol. The molecule has 0 fully saturated rings. The summed E-state index contributed by atoms with van der Waals surface area (Å²) < 4.78 is 0. The van der Waals surface area contributed by atoms with Crippen molar-refractivity contribution in [2.45, 2.75) is 0 Å². The van der Waals surface area contributed by atoms with E-state index in [4.69, 9.17) is 10.5 Å². The molecule has 0 saturated heterocycles. The van der Waals surface area contributed by atoms with Crippen LogP contribution in [-0.2, 0) is 0 Å². The van der Waals surface area contributed by atoms with E-state index in [-0.39, 0.29) is 92.3 Å². The molecule has 0 unspecified atom stereocenters. The first kappa shape index (κ1) is 30.1. The Morgan fingerprint density at radius 1 is 0.722 bits per heavy atom. The number of hydrogen-bond acceptors (Lipinski definition) is 12. The number of hydrogen-bond donors (Lipinski definition) is 2. The molecule has 36 heavy (non-hydrogen) atoms. The van der Waals surface area contributed by atoms with Gasteiger partial charge < -0.3 is 20.2 Å². The second kappa shape index (κ2) is 12.2. The van der Waals surface area contributed by atoms with Gasteiger partial charge in [0.25, 0.3) is 22.5 Å². The van der Waals surface area contributed by atoms with Gasteiger partial charge in [-0.25, -0.2) is 0 Å². The molecule has 2 heterocycles. The molecule has 0 aliphatic carbocycles. The van der Waals surface area contributed by atoms with Gasteiger partial charge in [-0.1, -0.05) is 0 Å². The average molecular weight is 508 g/mol. The standard InChI is InChI=1S/2C9H4N4O4.2Na/c2*10-3-4-1-5-6(2-7(4)13(16)17)12-9(15)8(14)11-5;;/h2*1-2H,(H,11,14)(H,12,15);;/q;;2*+1/p-2. The van der Waals surface area contributed by atoms with Crippen molar-refractivity contribution < 1.29 is 79.2 Å². The van der Waals surface area contributed by atoms with Gasteiger partial charge in [0.2, 0.25) is 0 Å². The van der Waals surface area contributed by atoms with Crippen molar-refractivity contribution in [1.82, 2.24) is 19.9 Å². The Balaban J connectivity index is 0.000000341. The third-order valence-electron chi connectivity index (χ3n) is 4.19. The number of rotatable bonds is 2. The van der Waals surface area contributed by atoms with Crippen LogP contribution in [0.15, 0.2) is 33.9 Å². The molecule has 2 aromatic carbocycles. The number of nitrogens with zero attached hydrogens (tertiary/aromatic N) is 6. The van der Waals surface area contributed by atoms with Crippen LogP contribution in [0.3, 0.4) is 0 Å². The van der Waals surface area contributed by atoms with Gasteiger partial charge in [-0.15, -0.1) is 0 Å². The van der Waals surface area contributed by atoms with Crippen molar-refractivity contribution >= 4 is 33.4 Å². The number of nitro groups is 2. The van der Waals surface area contributed by atoms with Crippen LogP contribution in [-0.4, -0.2) is 29.8 Å². The summed E-state index contributed by atoms with van der Waals surface area (Å²) in [6, 6.07) is 7.43. The van der Waals surface area contributed by atoms with E-state index in [0.717, 1.165) is 24.3 Å². The summed E-state index contributed by atoms with van der Waals surface area (Å²) in [7, 11) is 0. The van der Waals surface area contributed by atoms with Crippen LogP contribution in [0.25, 0.3) is 22.1 Å². The zero-order valence-electron chi connectivity index (χ0n) is 18.3. The largest absolute Gasteiger partial charge is 1.00 e. The fraction of sp³-hybridized carbons (Fsp3) is 0. The van der Waals surface area contributed by atoms with E-state index in [0.29, 0.717) is 0 Å². The smallest absolute Gasteiger partial charge is 0.855 e. The summed E-state index contributed by atoms with van der Waals surface area (Å²) in [6.07, 6.45) is 0. The summed E-state index contributed by atoms with van der Waals surface area (Å²) in [5, 5.41) is 60.7. The summed E-state index contributed by atoms with van der Waals surface area (Å²) >= 11 is 0. The first-order valence-corrected chi connectivity index (χ1v) is 8.65. The third kappa shape index (κ3) is 6.20. The van der Waals surface area contributed by atoms with Gasteiger partial charge in [-0.05, 0) is 12.1 Å². The Morgan fingerprint density at radius 3 is 1.33 bits per heavy atom. The number of nitrogens with one attached hydrogen (secondary N) is 2. The van der Waals surface area contributed by atoms with Crippen LogP contribution in [0.4, 0.5) is 11.4 Å². The quantitative estimate of drug-likeness (QED) is 0.145. The van der Waals surface area contributed by atoms with E-state index in [1.54, 1.807) is 12.1 Å². The molecule has 0 atom stereocenters. The number of nitro benzene ring substituents is 2. The zero-order valence-corrected chi connectivity index (χ0v) is 22.3. The second-order valence-corrected chi connectivity index (χ2v) is 6.25. The number of benzene rings is 2. The maximum atomic E-state index is 11.0. The van der Waals surface area contributed by atoms with E-state index < -0.39 is 44.1 Å². The zero-order chi connectivity index (χ0) is 25.2. The Kier molecular flexibility index (Phi) is 10.2. The molecule has 0 radical (unpaired) electrons. The van der Waals surface area contributed by atoms with Crippen LogP contribution in [0.2, 0.25) is 0 Å². The van der Waals surface area contributed by atoms with E-state index in [1.807, 2.05) is 0 Å². The summed E-state index contributed by atoms with van der Waals surface area (Å²) in [4.78, 5) is 53.0. The summed E-state index contributed by atoms with van der Waals surface area (Å²) in [6.45, 7) is 0. The molecule has 0 saturated carbocycles. The first-order chi connectivity index (χ1) is 16.0. The number of aromatic amines is 2. The second-order valence-electron chi connectivity index (χ2n) is 6.25. The average Bonchev–Trinajstić information content (AvgIpc) is 2.79. The van der Waals surface area contributed by atoms with Gasteiger partial charge in [0.05, 0.1) is 43.7 Å². The van der Waals surface area contributed by atoms with Crippen LogP contribution in [0.5, 0.6) is 11.8 Å². The van der Waals surface area contributed by atoms with Crippen molar-refractivity contribution in [1.29, 1.82) is 10.5 Å². The van der Waals surface area contributed by atoms with E-state index in [2.05, 4.69) is 19.9 Å². The van der Waals surface area contributed by atoms with E-state index in [1.165, 1.54) is 0 Å². The SMILES string of the molecule is N#Cc1cc2nc([O-])c(=O)[nH]c2cc1[N+](=O)[O-].N#Cc1cc2nc([O-])c(=O)[nH]c2cc1[N+](=O)[O-].[Na+].[Na+]. The van der Waals surface area contributed by atoms with Crippen molar-refractivity contribution in [3.05, 3.63) is 76.3 Å². The molecule has 16 nitrogen and oxygen atoms in total. The minimum Gasteiger partial charge on any atom is -0.855 e. The van der Waals surface area contributed by atoms with Gasteiger partial charge in [-0.3, -0.25) is 39.8 Å². The fourth-order valence-corrected chi connectivity index (χ4v) is 2.69. The molecule has 18 heteroatoms. The maximum absolute atomic E-state index is 11.0. The number of aromatic nitrogens is 4. The first-order valence-electron chi connectivity index (χ1n) is 8.65. The Morgan fingerprint density at radius 2 is 1.06 bits per heavy atom. The molecular weight excluding hydrogens is 502 g/mol. The normalized spacial score (nSPS) is 9.50. The maximum Gasteiger partial charge on any atom is 1.00 e. The van der Waals surface area contributed by atoms with Crippen LogP contribution >= 0.6 is 0 Å². The van der Waals surface area contributed by atoms with Gasteiger partial charge in [0.15, 0.2) is 0 Å². The summed E-state index contributed by atoms with van der Waals surface area (Å²) in [5.41, 5.74) is -3.10. The molecule has 168 valence electrons. The molecular formula is C18H6N8Na2O8.